The van der Waals surface area contributed by atoms with Crippen molar-refractivity contribution in [2.24, 2.45) is 17.3 Å². The third kappa shape index (κ3) is 4.54. The van der Waals surface area contributed by atoms with E-state index >= 15 is 0 Å². The number of allylic oxidation sites excluding steroid dienone is 1. The van der Waals surface area contributed by atoms with E-state index in [-0.39, 0.29) is 16.1 Å². The molecule has 1 aliphatic heterocycles. The molecule has 7 heteroatoms. The summed E-state index contributed by atoms with van der Waals surface area (Å²) in [5, 5.41) is 24.6. The standard InChI is InChI=1S/C33H48O6S/c1-29(2,3)40(36)19-16-32(35)14-11-26-24-10-13-31(34)21-33(38-17-18-39-33)15-12-27(31)28(24)25(20-30(26,32)4)22-6-8-23(37-5)9-7-22/h6-9,24-26,34-35H,10-21H2,1-5H3/t24-,25+,26-,30-,31+,32+,40?/m0/s1. The Labute approximate surface area is 242 Å². The Morgan fingerprint density at radius 1 is 1.05 bits per heavy atom. The van der Waals surface area contributed by atoms with Crippen molar-refractivity contribution in [2.45, 2.75) is 113 Å². The molecule has 0 radical (unpaired) electrons. The highest BCUT2D eigenvalue weighted by Gasteiger charge is 2.64. The monoisotopic (exact) mass is 572 g/mol. The topological polar surface area (TPSA) is 85.2 Å². The number of benzene rings is 1. The lowest BCUT2D eigenvalue weighted by Crippen LogP contribution is -2.55. The quantitative estimate of drug-likeness (QED) is 0.445. The Morgan fingerprint density at radius 2 is 1.75 bits per heavy atom. The number of methoxy groups -OCH3 is 1. The van der Waals surface area contributed by atoms with Crippen LogP contribution in [0.3, 0.4) is 0 Å². The van der Waals surface area contributed by atoms with E-state index in [9.17, 15) is 14.4 Å². The molecule has 1 heterocycles. The van der Waals surface area contributed by atoms with Gasteiger partial charge in [0.15, 0.2) is 5.79 Å². The molecule has 0 bridgehead atoms. The second-order valence-electron chi connectivity index (χ2n) is 14.4. The fourth-order valence-corrected chi connectivity index (χ4v) is 10.4. The number of ether oxygens (including phenoxy) is 3. The minimum absolute atomic E-state index is 0.108. The molecule has 6 nitrogen and oxygen atoms in total. The van der Waals surface area contributed by atoms with Crippen molar-refractivity contribution < 1.29 is 28.6 Å². The Morgan fingerprint density at radius 3 is 2.40 bits per heavy atom. The second kappa shape index (κ2) is 9.90. The van der Waals surface area contributed by atoms with Crippen LogP contribution in [0, 0.1) is 17.3 Å². The summed E-state index contributed by atoms with van der Waals surface area (Å²) in [5.74, 6) is 1.47. The number of hydrogen-bond acceptors (Lipinski definition) is 6. The molecule has 4 aliphatic carbocycles. The first kappa shape index (κ1) is 28.9. The second-order valence-corrected chi connectivity index (χ2v) is 16.8. The maximum Gasteiger partial charge on any atom is 0.171 e. The molecular weight excluding hydrogens is 524 g/mol. The molecule has 1 aromatic rings. The Balaban J connectivity index is 1.40. The fraction of sp³-hybridized carbons (Fsp3) is 0.758. The molecule has 2 N–H and O–H groups in total. The SMILES string of the molecule is COc1ccc([C@H]2C[C@@]3(C)[C@@H](CC[C@@]3(O)CCS(=O)C(C)(C)C)[C@@H]3CC[C@@]4(O)CC5(CCC4=C32)OCCO5)cc1. The van der Waals surface area contributed by atoms with Crippen LogP contribution in [0.1, 0.15) is 97.0 Å². The lowest BCUT2D eigenvalue weighted by Gasteiger charge is -2.57. The molecule has 1 unspecified atom stereocenters. The molecule has 1 aromatic carbocycles. The number of fused-ring (bicyclic) bond motifs is 4. The summed E-state index contributed by atoms with van der Waals surface area (Å²) in [6, 6.07) is 8.40. The van der Waals surface area contributed by atoms with Crippen LogP contribution in [0.25, 0.3) is 0 Å². The zero-order valence-electron chi connectivity index (χ0n) is 25.0. The first-order valence-electron chi connectivity index (χ1n) is 15.3. The zero-order chi connectivity index (χ0) is 28.6. The van der Waals surface area contributed by atoms with Crippen LogP contribution < -0.4 is 4.74 Å². The minimum Gasteiger partial charge on any atom is -0.497 e. The van der Waals surface area contributed by atoms with E-state index in [1.54, 1.807) is 7.11 Å². The van der Waals surface area contributed by atoms with Crippen molar-refractivity contribution >= 4 is 10.8 Å². The summed E-state index contributed by atoms with van der Waals surface area (Å²) >= 11 is 0. The van der Waals surface area contributed by atoms with Crippen LogP contribution in [0.2, 0.25) is 0 Å². The minimum atomic E-state index is -1.00. The van der Waals surface area contributed by atoms with Crippen LogP contribution >= 0.6 is 0 Å². The highest BCUT2D eigenvalue weighted by Crippen LogP contribution is 2.68. The van der Waals surface area contributed by atoms with Gasteiger partial charge in [-0.05, 0) is 101 Å². The van der Waals surface area contributed by atoms with Gasteiger partial charge >= 0.3 is 0 Å². The van der Waals surface area contributed by atoms with Gasteiger partial charge in [-0.3, -0.25) is 4.21 Å². The van der Waals surface area contributed by atoms with Crippen LogP contribution in [-0.2, 0) is 20.3 Å². The van der Waals surface area contributed by atoms with Gasteiger partial charge in [0.05, 0.1) is 31.5 Å². The van der Waals surface area contributed by atoms with Crippen molar-refractivity contribution in [2.75, 3.05) is 26.1 Å². The lowest BCUT2D eigenvalue weighted by molar-refractivity contribution is -0.208. The summed E-state index contributed by atoms with van der Waals surface area (Å²) in [6.07, 6.45) is 6.80. The molecule has 222 valence electrons. The van der Waals surface area contributed by atoms with E-state index in [1.807, 2.05) is 32.9 Å². The van der Waals surface area contributed by atoms with E-state index < -0.39 is 27.8 Å². The van der Waals surface area contributed by atoms with E-state index in [0.29, 0.717) is 50.1 Å². The van der Waals surface area contributed by atoms with Gasteiger partial charge in [0.2, 0.25) is 0 Å². The van der Waals surface area contributed by atoms with Crippen molar-refractivity contribution in [1.82, 2.24) is 0 Å². The maximum absolute atomic E-state index is 13.0. The molecule has 1 spiro atoms. The van der Waals surface area contributed by atoms with E-state index in [4.69, 9.17) is 14.2 Å². The van der Waals surface area contributed by atoms with Gasteiger partial charge in [-0.2, -0.15) is 0 Å². The summed E-state index contributed by atoms with van der Waals surface area (Å²) in [4.78, 5) is 0. The van der Waals surface area contributed by atoms with Crippen molar-refractivity contribution in [1.29, 1.82) is 0 Å². The average Bonchev–Trinajstić information content (AvgIpc) is 3.47. The van der Waals surface area contributed by atoms with Crippen molar-refractivity contribution in [3.63, 3.8) is 0 Å². The molecule has 0 amide bonds. The highest BCUT2D eigenvalue weighted by atomic mass is 32.2. The Kier molecular flexibility index (Phi) is 7.14. The largest absolute Gasteiger partial charge is 0.497 e. The predicted octanol–water partition coefficient (Wildman–Crippen LogP) is 5.63. The molecular formula is C33H48O6S. The molecule has 5 aliphatic rings. The smallest absolute Gasteiger partial charge is 0.171 e. The first-order chi connectivity index (χ1) is 18.8. The summed E-state index contributed by atoms with van der Waals surface area (Å²) in [7, 11) is 0.687. The van der Waals surface area contributed by atoms with Gasteiger partial charge in [0.25, 0.3) is 0 Å². The molecule has 4 fully saturated rings. The van der Waals surface area contributed by atoms with Gasteiger partial charge in [-0.1, -0.05) is 24.6 Å². The number of aliphatic hydroxyl groups is 2. The van der Waals surface area contributed by atoms with Gasteiger partial charge in [-0.15, -0.1) is 0 Å². The van der Waals surface area contributed by atoms with Crippen LogP contribution in [-0.4, -0.2) is 62.2 Å². The van der Waals surface area contributed by atoms with Crippen LogP contribution in [0.4, 0.5) is 0 Å². The predicted molar refractivity (Wildman–Crippen MR) is 157 cm³/mol. The van der Waals surface area contributed by atoms with Crippen LogP contribution in [0.5, 0.6) is 5.75 Å². The fourth-order valence-electron chi connectivity index (χ4n) is 9.22. The molecule has 7 atom stereocenters. The summed E-state index contributed by atoms with van der Waals surface area (Å²) in [5.41, 5.74) is 1.79. The van der Waals surface area contributed by atoms with E-state index in [2.05, 4.69) is 19.1 Å². The molecule has 0 aromatic heterocycles. The average molecular weight is 573 g/mol. The number of rotatable bonds is 5. The zero-order valence-corrected chi connectivity index (χ0v) is 25.8. The maximum atomic E-state index is 13.0. The summed E-state index contributed by atoms with van der Waals surface area (Å²) < 4.78 is 30.4. The third-order valence-electron chi connectivity index (χ3n) is 11.5. The molecule has 40 heavy (non-hydrogen) atoms. The van der Waals surface area contributed by atoms with E-state index in [1.165, 1.54) is 16.7 Å². The van der Waals surface area contributed by atoms with E-state index in [0.717, 1.165) is 44.3 Å². The molecule has 1 saturated heterocycles. The molecule has 6 rings (SSSR count). The van der Waals surface area contributed by atoms with Crippen LogP contribution in [0.15, 0.2) is 35.4 Å². The highest BCUT2D eigenvalue weighted by molar-refractivity contribution is 7.86. The van der Waals surface area contributed by atoms with Crippen molar-refractivity contribution in [3.8, 4) is 5.75 Å². The van der Waals surface area contributed by atoms with Gasteiger partial charge in [0.1, 0.15) is 5.75 Å². The Hall–Kier alpha value is -1.25. The lowest BCUT2D eigenvalue weighted by atomic mass is 9.49. The van der Waals surface area contributed by atoms with Crippen molar-refractivity contribution in [3.05, 3.63) is 41.0 Å². The van der Waals surface area contributed by atoms with Gasteiger partial charge in [-0.25, -0.2) is 0 Å². The van der Waals surface area contributed by atoms with Gasteiger partial charge < -0.3 is 24.4 Å². The first-order valence-corrected chi connectivity index (χ1v) is 16.6. The van der Waals surface area contributed by atoms with Gasteiger partial charge in [0, 0.05) is 45.5 Å². The molecule has 3 saturated carbocycles. The Bertz CT molecular complexity index is 1180. The third-order valence-corrected chi connectivity index (χ3v) is 13.4. The summed E-state index contributed by atoms with van der Waals surface area (Å²) in [6.45, 7) is 9.55. The normalized spacial score (nSPS) is 39.5. The number of hydrogen-bond donors (Lipinski definition) is 2.